The number of carbonyl (C=O) groups is 1. The van der Waals surface area contributed by atoms with E-state index >= 15 is 0 Å². The number of aliphatic hydroxyl groups excluding tert-OH is 2. The molecule has 2 N–H and O–H groups in total. The Morgan fingerprint density at radius 3 is 2.87 bits per heavy atom. The van der Waals surface area contributed by atoms with Gasteiger partial charge < -0.3 is 24.6 Å². The van der Waals surface area contributed by atoms with Gasteiger partial charge in [-0.2, -0.15) is 0 Å². The fourth-order valence-corrected chi connectivity index (χ4v) is 1.52. The average molecular weight is 219 g/mol. The number of hydrogen-bond acceptors (Lipinski definition) is 5. The van der Waals surface area contributed by atoms with E-state index in [1.807, 2.05) is 6.92 Å². The molecule has 2 atom stereocenters. The first-order chi connectivity index (χ1) is 7.17. The third-order valence-corrected chi connectivity index (χ3v) is 2.10. The Labute approximate surface area is 88.4 Å². The summed E-state index contributed by atoms with van der Waals surface area (Å²) in [5.74, 6) is 0. The van der Waals surface area contributed by atoms with E-state index in [0.29, 0.717) is 13.1 Å². The van der Waals surface area contributed by atoms with Gasteiger partial charge in [-0.3, -0.25) is 0 Å². The van der Waals surface area contributed by atoms with Gasteiger partial charge in [0.15, 0.2) is 0 Å². The SMILES string of the molecule is CC1CN(C(=O)OCCO)CC(CO)O1. The number of nitrogens with zero attached hydrogens (tertiary/aromatic N) is 1. The molecule has 1 rings (SSSR count). The number of rotatable bonds is 3. The van der Waals surface area contributed by atoms with Crippen LogP contribution < -0.4 is 0 Å². The fraction of sp³-hybridized carbons (Fsp3) is 0.889. The van der Waals surface area contributed by atoms with E-state index < -0.39 is 6.09 Å². The molecule has 1 aliphatic rings. The summed E-state index contributed by atoms with van der Waals surface area (Å²) in [5.41, 5.74) is 0. The van der Waals surface area contributed by atoms with Gasteiger partial charge in [0.1, 0.15) is 6.61 Å². The van der Waals surface area contributed by atoms with Gasteiger partial charge in [-0.05, 0) is 6.92 Å². The topological polar surface area (TPSA) is 79.2 Å². The number of aliphatic hydroxyl groups is 2. The molecule has 0 aromatic carbocycles. The highest BCUT2D eigenvalue weighted by Crippen LogP contribution is 2.11. The Kier molecular flexibility index (Phi) is 4.80. The van der Waals surface area contributed by atoms with E-state index in [1.54, 1.807) is 0 Å². The molecule has 0 bridgehead atoms. The second-order valence-electron chi connectivity index (χ2n) is 3.49. The first kappa shape index (κ1) is 12.2. The minimum atomic E-state index is -0.474. The number of amides is 1. The number of morpholine rings is 1. The summed E-state index contributed by atoms with van der Waals surface area (Å²) in [5, 5.41) is 17.4. The van der Waals surface area contributed by atoms with Crippen LogP contribution in [0.5, 0.6) is 0 Å². The van der Waals surface area contributed by atoms with Crippen LogP contribution in [0.4, 0.5) is 4.79 Å². The first-order valence-electron chi connectivity index (χ1n) is 4.96. The van der Waals surface area contributed by atoms with Crippen molar-refractivity contribution in [3.05, 3.63) is 0 Å². The molecule has 1 saturated heterocycles. The van der Waals surface area contributed by atoms with E-state index in [1.165, 1.54) is 4.90 Å². The zero-order valence-corrected chi connectivity index (χ0v) is 8.76. The first-order valence-corrected chi connectivity index (χ1v) is 4.96. The molecule has 6 heteroatoms. The molecule has 0 saturated carbocycles. The molecule has 1 amide bonds. The van der Waals surface area contributed by atoms with Crippen molar-refractivity contribution in [2.75, 3.05) is 32.9 Å². The second-order valence-corrected chi connectivity index (χ2v) is 3.49. The van der Waals surface area contributed by atoms with Crippen LogP contribution in [-0.4, -0.2) is 66.3 Å². The van der Waals surface area contributed by atoms with Crippen molar-refractivity contribution in [3.63, 3.8) is 0 Å². The second kappa shape index (κ2) is 5.89. The fourth-order valence-electron chi connectivity index (χ4n) is 1.52. The van der Waals surface area contributed by atoms with E-state index in [-0.39, 0.29) is 32.0 Å². The highest BCUT2D eigenvalue weighted by Gasteiger charge is 2.28. The Morgan fingerprint density at radius 2 is 2.27 bits per heavy atom. The normalized spacial score (nSPS) is 26.5. The minimum Gasteiger partial charge on any atom is -0.447 e. The van der Waals surface area contributed by atoms with Gasteiger partial charge in [0.2, 0.25) is 0 Å². The molecule has 88 valence electrons. The maximum Gasteiger partial charge on any atom is 0.410 e. The van der Waals surface area contributed by atoms with Crippen LogP contribution >= 0.6 is 0 Å². The summed E-state index contributed by atoms with van der Waals surface area (Å²) < 4.78 is 10.1. The Morgan fingerprint density at radius 1 is 1.53 bits per heavy atom. The van der Waals surface area contributed by atoms with Gasteiger partial charge in [-0.25, -0.2) is 4.79 Å². The van der Waals surface area contributed by atoms with Gasteiger partial charge >= 0.3 is 6.09 Å². The van der Waals surface area contributed by atoms with Gasteiger partial charge in [0.05, 0.1) is 38.5 Å². The number of carbonyl (C=O) groups excluding carboxylic acids is 1. The molecule has 15 heavy (non-hydrogen) atoms. The van der Waals surface area contributed by atoms with Crippen LogP contribution in [0, 0.1) is 0 Å². The van der Waals surface area contributed by atoms with Crippen molar-refractivity contribution in [3.8, 4) is 0 Å². The van der Waals surface area contributed by atoms with Gasteiger partial charge in [0, 0.05) is 0 Å². The molecule has 0 aliphatic carbocycles. The summed E-state index contributed by atoms with van der Waals surface area (Å²) >= 11 is 0. The van der Waals surface area contributed by atoms with Crippen molar-refractivity contribution in [2.24, 2.45) is 0 Å². The minimum absolute atomic E-state index is 0.00559. The molecule has 0 radical (unpaired) electrons. The van der Waals surface area contributed by atoms with Crippen LogP contribution in [0.15, 0.2) is 0 Å². The summed E-state index contributed by atoms with van der Waals surface area (Å²) in [7, 11) is 0. The lowest BCUT2D eigenvalue weighted by Crippen LogP contribution is -2.50. The van der Waals surface area contributed by atoms with Crippen LogP contribution in [0.25, 0.3) is 0 Å². The van der Waals surface area contributed by atoms with Crippen molar-refractivity contribution >= 4 is 6.09 Å². The third kappa shape index (κ3) is 3.65. The highest BCUT2D eigenvalue weighted by atomic mass is 16.6. The molecule has 0 aromatic heterocycles. The number of hydrogen-bond donors (Lipinski definition) is 2. The summed E-state index contributed by atoms with van der Waals surface area (Å²) in [4.78, 5) is 12.9. The molecule has 0 spiro atoms. The van der Waals surface area contributed by atoms with Crippen LogP contribution in [0.3, 0.4) is 0 Å². The van der Waals surface area contributed by atoms with Crippen LogP contribution in [0.1, 0.15) is 6.92 Å². The lowest BCUT2D eigenvalue weighted by Gasteiger charge is -2.35. The smallest absolute Gasteiger partial charge is 0.410 e. The summed E-state index contributed by atoms with van der Waals surface area (Å²) in [6, 6.07) is 0. The molecule has 0 aromatic rings. The molecule has 2 unspecified atom stereocenters. The van der Waals surface area contributed by atoms with Crippen molar-refractivity contribution < 1.29 is 24.5 Å². The van der Waals surface area contributed by atoms with Gasteiger partial charge in [-0.15, -0.1) is 0 Å². The standard InChI is InChI=1S/C9H17NO5/c1-7-4-10(5-8(6-12)15-7)9(13)14-3-2-11/h7-8,11-12H,2-6H2,1H3. The highest BCUT2D eigenvalue weighted by molar-refractivity contribution is 5.67. The summed E-state index contributed by atoms with van der Waals surface area (Å²) in [6.07, 6.45) is -0.939. The van der Waals surface area contributed by atoms with Crippen molar-refractivity contribution in [1.29, 1.82) is 0 Å². The molecular weight excluding hydrogens is 202 g/mol. The van der Waals surface area contributed by atoms with E-state index in [9.17, 15) is 4.79 Å². The van der Waals surface area contributed by atoms with E-state index in [4.69, 9.17) is 19.7 Å². The Bertz CT molecular complexity index is 211. The Balaban J connectivity index is 2.42. The quantitative estimate of drug-likeness (QED) is 0.649. The van der Waals surface area contributed by atoms with E-state index in [2.05, 4.69) is 0 Å². The van der Waals surface area contributed by atoms with Gasteiger partial charge in [-0.1, -0.05) is 0 Å². The average Bonchev–Trinajstić information content (AvgIpc) is 2.24. The molecule has 1 fully saturated rings. The zero-order valence-electron chi connectivity index (χ0n) is 8.76. The largest absolute Gasteiger partial charge is 0.447 e. The molecule has 1 heterocycles. The van der Waals surface area contributed by atoms with Crippen LogP contribution in [0.2, 0.25) is 0 Å². The molecule has 6 nitrogen and oxygen atoms in total. The maximum atomic E-state index is 11.4. The molecule has 1 aliphatic heterocycles. The third-order valence-electron chi connectivity index (χ3n) is 2.10. The summed E-state index contributed by atoms with van der Waals surface area (Å²) in [6.45, 7) is 2.29. The molecular formula is C9H17NO5. The van der Waals surface area contributed by atoms with Gasteiger partial charge in [0.25, 0.3) is 0 Å². The maximum absolute atomic E-state index is 11.4. The predicted octanol–water partition coefficient (Wildman–Crippen LogP) is -0.803. The lowest BCUT2D eigenvalue weighted by molar-refractivity contribution is -0.0905. The predicted molar refractivity (Wildman–Crippen MR) is 51.4 cm³/mol. The zero-order chi connectivity index (χ0) is 11.3. The monoisotopic (exact) mass is 219 g/mol. The van der Waals surface area contributed by atoms with Crippen molar-refractivity contribution in [1.82, 2.24) is 4.90 Å². The van der Waals surface area contributed by atoms with Crippen LogP contribution in [-0.2, 0) is 9.47 Å². The van der Waals surface area contributed by atoms with Crippen molar-refractivity contribution in [2.45, 2.75) is 19.1 Å². The Hall–Kier alpha value is -0.850. The van der Waals surface area contributed by atoms with E-state index in [0.717, 1.165) is 0 Å². The lowest BCUT2D eigenvalue weighted by atomic mass is 10.2. The number of ether oxygens (including phenoxy) is 2.